The fourth-order valence-corrected chi connectivity index (χ4v) is 11.3. The molecule has 3 fully saturated rings. The van der Waals surface area contributed by atoms with Crippen LogP contribution in [0.5, 0.6) is 11.5 Å². The molecular weight excluding hydrogens is 753 g/mol. The smallest absolute Gasteiger partial charge is 0.255 e. The molecule has 5 heterocycles. The molecule has 2 aromatic heterocycles. The Balaban J connectivity index is 0.000000167. The largest absolute Gasteiger partial charge is 0.493 e. The molecule has 0 unspecified atom stereocenters. The molecular formula is C50H62N4O6. The lowest BCUT2D eigenvalue weighted by Gasteiger charge is -2.49. The number of nitrogens with zero attached hydrogens (tertiary/aromatic N) is 2. The zero-order valence-electron chi connectivity index (χ0n) is 36.1. The van der Waals surface area contributed by atoms with E-state index in [4.69, 9.17) is 14.2 Å². The lowest BCUT2D eigenvalue weighted by molar-refractivity contribution is -0.0543. The summed E-state index contributed by atoms with van der Waals surface area (Å²) in [5.74, 6) is 2.37. The minimum atomic E-state index is -0.552. The Hall–Kier alpha value is -4.80. The number of anilines is 2. The average Bonchev–Trinajstić information content (AvgIpc) is 4.06. The van der Waals surface area contributed by atoms with Crippen LogP contribution in [0.4, 0.5) is 11.4 Å². The highest BCUT2D eigenvalue weighted by Gasteiger charge is 2.57. The van der Waals surface area contributed by atoms with Gasteiger partial charge >= 0.3 is 0 Å². The maximum Gasteiger partial charge on any atom is 0.255 e. The maximum atomic E-state index is 12.9. The van der Waals surface area contributed by atoms with E-state index < -0.39 is 5.60 Å². The standard InChI is InChI=1S/C26H34N2O3.C24H28N2O3/c1-4-11-25(30)12-13-26(5-2)20(17-25)10-15-31-23-16-19(8-9-21(23)26)24(29)28-22-7-6-14-27-18(22)3;1-3-24-10-9-23(15-29-23)14-18(24)8-12-28-21-13-17(6-7-19(21)24)22(27)26-20-5-4-11-25-16(20)2/h6-9,14,16,20,30H,4-5,10-13,15,17H2,1-3H3,(H,28,29);4-7,11,13,18H,3,8-10,12,14-15H2,1-2H3,(H,26,27)/t20-,25+,26+;18-,23+,24+/m00/s1. The number of nitrogens with one attached hydrogen (secondary N) is 2. The lowest BCUT2D eigenvalue weighted by atomic mass is 9.56. The van der Waals surface area contributed by atoms with Crippen LogP contribution in [0.3, 0.4) is 0 Å². The van der Waals surface area contributed by atoms with Gasteiger partial charge in [0.1, 0.15) is 11.5 Å². The van der Waals surface area contributed by atoms with Gasteiger partial charge in [0.25, 0.3) is 11.8 Å². The molecule has 1 saturated heterocycles. The highest BCUT2D eigenvalue weighted by molar-refractivity contribution is 6.05. The number of hydrogen-bond acceptors (Lipinski definition) is 8. The molecule has 1 spiro atoms. The number of carbonyl (C=O) groups is 2. The van der Waals surface area contributed by atoms with Crippen molar-refractivity contribution in [3.05, 3.63) is 107 Å². The van der Waals surface area contributed by atoms with Crippen LogP contribution >= 0.6 is 0 Å². The van der Waals surface area contributed by atoms with E-state index in [1.165, 1.54) is 11.1 Å². The number of carbonyl (C=O) groups excluding carboxylic acids is 2. The van der Waals surface area contributed by atoms with Gasteiger partial charge in [0.2, 0.25) is 0 Å². The van der Waals surface area contributed by atoms with Crippen LogP contribution in [0.25, 0.3) is 0 Å². The third-order valence-electron chi connectivity index (χ3n) is 14.9. The van der Waals surface area contributed by atoms with Gasteiger partial charge in [-0.3, -0.25) is 19.6 Å². The van der Waals surface area contributed by atoms with Crippen LogP contribution < -0.4 is 20.1 Å². The quantitative estimate of drug-likeness (QED) is 0.150. The first-order valence-electron chi connectivity index (χ1n) is 22.3. The molecule has 10 heteroatoms. The van der Waals surface area contributed by atoms with Crippen molar-refractivity contribution in [1.29, 1.82) is 0 Å². The number of pyridine rings is 2. The Labute approximate surface area is 355 Å². The van der Waals surface area contributed by atoms with Crippen molar-refractivity contribution in [1.82, 2.24) is 9.97 Å². The molecule has 5 aliphatic rings. The summed E-state index contributed by atoms with van der Waals surface area (Å²) < 4.78 is 18.2. The van der Waals surface area contributed by atoms with Gasteiger partial charge in [-0.25, -0.2) is 0 Å². The first-order valence-corrected chi connectivity index (χ1v) is 22.3. The Morgan fingerprint density at radius 1 is 0.717 bits per heavy atom. The van der Waals surface area contributed by atoms with Crippen LogP contribution in [0, 0.1) is 25.7 Å². The summed E-state index contributed by atoms with van der Waals surface area (Å²) in [5.41, 5.74) is 6.44. The van der Waals surface area contributed by atoms with E-state index in [0.29, 0.717) is 36.2 Å². The number of aryl methyl sites for hydroxylation is 2. The van der Waals surface area contributed by atoms with Crippen LogP contribution in [-0.4, -0.2) is 57.9 Å². The van der Waals surface area contributed by atoms with Gasteiger partial charge < -0.3 is 30.0 Å². The monoisotopic (exact) mass is 814 g/mol. The summed E-state index contributed by atoms with van der Waals surface area (Å²) in [5, 5.41) is 17.1. The second-order valence-electron chi connectivity index (χ2n) is 18.1. The normalized spacial score (nSPS) is 28.6. The van der Waals surface area contributed by atoms with E-state index in [1.807, 2.05) is 62.4 Å². The number of benzene rings is 2. The molecule has 318 valence electrons. The summed E-state index contributed by atoms with van der Waals surface area (Å²) in [6.07, 6.45) is 15.4. The SMILES string of the molecule is CCC[C@@]1(O)CC[C@@]2(CC)c3ccc(C(=O)Nc4cccnc4C)cc3OCC[C@H]2C1.CC[C@@]12CC[C@]3(CO3)C[C@@H]1CCOc1cc(C(=O)Nc3cccnc3C)ccc12. The molecule has 3 aliphatic heterocycles. The Morgan fingerprint density at radius 3 is 1.68 bits per heavy atom. The molecule has 60 heavy (non-hydrogen) atoms. The maximum absolute atomic E-state index is 12.9. The summed E-state index contributed by atoms with van der Waals surface area (Å²) in [6, 6.07) is 19.3. The second-order valence-corrected chi connectivity index (χ2v) is 18.1. The van der Waals surface area contributed by atoms with Crippen molar-refractivity contribution in [2.45, 2.75) is 134 Å². The van der Waals surface area contributed by atoms with Crippen LogP contribution in [0.1, 0.15) is 141 Å². The van der Waals surface area contributed by atoms with Gasteiger partial charge in [-0.1, -0.05) is 39.3 Å². The van der Waals surface area contributed by atoms with Gasteiger partial charge in [0, 0.05) is 45.5 Å². The highest BCUT2D eigenvalue weighted by atomic mass is 16.6. The Kier molecular flexibility index (Phi) is 11.8. The van der Waals surface area contributed by atoms with E-state index in [9.17, 15) is 14.7 Å². The number of aromatic nitrogens is 2. The molecule has 0 bridgehead atoms. The summed E-state index contributed by atoms with van der Waals surface area (Å²) >= 11 is 0. The molecule has 2 amide bonds. The predicted molar refractivity (Wildman–Crippen MR) is 234 cm³/mol. The topological polar surface area (TPSA) is 135 Å². The van der Waals surface area contributed by atoms with Crippen molar-refractivity contribution >= 4 is 23.2 Å². The van der Waals surface area contributed by atoms with E-state index in [-0.39, 0.29) is 28.2 Å². The number of rotatable bonds is 8. The molecule has 2 aliphatic carbocycles. The highest BCUT2D eigenvalue weighted by Crippen LogP contribution is 2.58. The van der Waals surface area contributed by atoms with Crippen molar-refractivity contribution in [2.75, 3.05) is 30.5 Å². The van der Waals surface area contributed by atoms with Crippen LogP contribution in [0.2, 0.25) is 0 Å². The zero-order valence-corrected chi connectivity index (χ0v) is 36.1. The minimum Gasteiger partial charge on any atom is -0.493 e. The summed E-state index contributed by atoms with van der Waals surface area (Å²) in [7, 11) is 0. The van der Waals surface area contributed by atoms with Crippen molar-refractivity contribution < 1.29 is 28.9 Å². The first-order chi connectivity index (χ1) is 29.0. The number of epoxide rings is 1. The van der Waals surface area contributed by atoms with Crippen LogP contribution in [-0.2, 0) is 15.6 Å². The number of aliphatic hydroxyl groups is 1. The van der Waals surface area contributed by atoms with Gasteiger partial charge in [0.05, 0.1) is 53.8 Å². The third-order valence-corrected chi connectivity index (χ3v) is 14.9. The van der Waals surface area contributed by atoms with E-state index in [2.05, 4.69) is 53.5 Å². The van der Waals surface area contributed by atoms with E-state index >= 15 is 0 Å². The van der Waals surface area contributed by atoms with Crippen molar-refractivity contribution in [3.63, 3.8) is 0 Å². The first kappa shape index (κ1) is 41.9. The van der Waals surface area contributed by atoms with E-state index in [1.54, 1.807) is 12.4 Å². The fraction of sp³-hybridized carbons (Fsp3) is 0.520. The molecule has 2 saturated carbocycles. The summed E-state index contributed by atoms with van der Waals surface area (Å²) in [6.45, 7) is 12.7. The van der Waals surface area contributed by atoms with Gasteiger partial charge in [-0.2, -0.15) is 0 Å². The van der Waals surface area contributed by atoms with E-state index in [0.717, 1.165) is 118 Å². The minimum absolute atomic E-state index is 0.000743. The fourth-order valence-electron chi connectivity index (χ4n) is 11.3. The molecule has 4 aromatic rings. The zero-order chi connectivity index (χ0) is 42.1. The van der Waals surface area contributed by atoms with Gasteiger partial charge in [0.15, 0.2) is 0 Å². The molecule has 3 N–H and O–H groups in total. The lowest BCUT2D eigenvalue weighted by Crippen LogP contribution is -2.47. The molecule has 2 aromatic carbocycles. The number of amides is 2. The molecule has 10 nitrogen and oxygen atoms in total. The number of fused-ring (bicyclic) bond motifs is 6. The van der Waals surface area contributed by atoms with Gasteiger partial charge in [-0.05, 0) is 145 Å². The van der Waals surface area contributed by atoms with Crippen molar-refractivity contribution in [2.24, 2.45) is 11.8 Å². The third kappa shape index (κ3) is 8.05. The van der Waals surface area contributed by atoms with Gasteiger partial charge in [-0.15, -0.1) is 0 Å². The summed E-state index contributed by atoms with van der Waals surface area (Å²) in [4.78, 5) is 34.2. The predicted octanol–water partition coefficient (Wildman–Crippen LogP) is 10.0. The average molecular weight is 815 g/mol. The molecule has 6 atom stereocenters. The number of hydrogen-bond donors (Lipinski definition) is 3. The van der Waals surface area contributed by atoms with Crippen molar-refractivity contribution in [3.8, 4) is 11.5 Å². The Bertz CT molecular complexity index is 2220. The van der Waals surface area contributed by atoms with Crippen LogP contribution in [0.15, 0.2) is 73.1 Å². The molecule has 0 radical (unpaired) electrons. The second kappa shape index (κ2) is 16.9. The number of ether oxygens (including phenoxy) is 3. The Morgan fingerprint density at radius 2 is 1.22 bits per heavy atom. The molecule has 9 rings (SSSR count).